The van der Waals surface area contributed by atoms with Crippen LogP contribution in [0.1, 0.15) is 59.2 Å². The number of aliphatic hydroxyl groups excluding tert-OH is 1. The summed E-state index contributed by atoms with van der Waals surface area (Å²) in [5, 5.41) is 20.4. The highest BCUT2D eigenvalue weighted by Gasteiger charge is 2.48. The third-order valence-corrected chi connectivity index (χ3v) is 10.2. The number of aliphatic hydroxyl groups is 1. The normalized spacial score (nSPS) is 15.9. The Bertz CT molecular complexity index is 1940. The molecular formula is C37H32FN3O4S2. The Labute approximate surface area is 280 Å². The SMILES string of the molecule is Cc1ccccc1COc1ccc(C(O)=C2C(=O)C(=O)N(c3nnc(SCc4ccc(F)cc4)s3)C2c2ccc(C(C)C)cc2)cc1. The van der Waals surface area contributed by atoms with Crippen molar-refractivity contribution in [2.45, 2.75) is 49.4 Å². The van der Waals surface area contributed by atoms with Crippen LogP contribution in [0.25, 0.3) is 5.76 Å². The maximum Gasteiger partial charge on any atom is 0.301 e. The van der Waals surface area contributed by atoms with E-state index in [1.807, 2.05) is 55.5 Å². The van der Waals surface area contributed by atoms with Gasteiger partial charge in [0.25, 0.3) is 5.78 Å². The number of carbonyl (C=O) groups is 2. The summed E-state index contributed by atoms with van der Waals surface area (Å²) in [6, 6.07) is 27.7. The van der Waals surface area contributed by atoms with Crippen molar-refractivity contribution in [1.29, 1.82) is 0 Å². The van der Waals surface area contributed by atoms with Gasteiger partial charge in [-0.25, -0.2) is 4.39 Å². The van der Waals surface area contributed by atoms with Gasteiger partial charge in [0.15, 0.2) is 4.34 Å². The van der Waals surface area contributed by atoms with Crippen molar-refractivity contribution in [3.05, 3.63) is 142 Å². The molecule has 1 N–H and O–H groups in total. The number of hydrogen-bond acceptors (Lipinski definition) is 8. The Kier molecular flexibility index (Phi) is 9.51. The zero-order valence-electron chi connectivity index (χ0n) is 26.0. The van der Waals surface area contributed by atoms with Gasteiger partial charge < -0.3 is 9.84 Å². The third-order valence-electron chi connectivity index (χ3n) is 8.02. The Hall–Kier alpha value is -4.80. The van der Waals surface area contributed by atoms with Crippen LogP contribution in [0.5, 0.6) is 5.75 Å². The molecule has 6 rings (SSSR count). The molecule has 47 heavy (non-hydrogen) atoms. The molecule has 10 heteroatoms. The number of halogens is 1. The number of anilines is 1. The number of ketones is 1. The van der Waals surface area contributed by atoms with Crippen molar-refractivity contribution < 1.29 is 23.8 Å². The average molecular weight is 666 g/mol. The molecule has 5 aromatic rings. The first-order valence-electron chi connectivity index (χ1n) is 15.1. The summed E-state index contributed by atoms with van der Waals surface area (Å²) in [6.07, 6.45) is 0. The molecule has 7 nitrogen and oxygen atoms in total. The van der Waals surface area contributed by atoms with Crippen LogP contribution in [0.3, 0.4) is 0 Å². The van der Waals surface area contributed by atoms with E-state index < -0.39 is 17.7 Å². The standard InChI is InChI=1S/C37H32FN3O4S2/c1-22(2)25-10-12-26(13-11-25)32-31(33(42)27-14-18-30(19-15-27)45-20-28-7-5-4-6-23(28)3)34(43)35(44)41(32)36-39-40-37(47-36)46-21-24-8-16-29(38)17-9-24/h4-19,22,32,42H,20-21H2,1-3H3. The van der Waals surface area contributed by atoms with Gasteiger partial charge in [-0.2, -0.15) is 0 Å². The number of ether oxygens (including phenoxy) is 1. The number of carbonyl (C=O) groups excluding carboxylic acids is 2. The third kappa shape index (κ3) is 6.99. The number of aryl methyl sites for hydroxylation is 1. The van der Waals surface area contributed by atoms with Gasteiger partial charge in [0.05, 0.1) is 11.6 Å². The summed E-state index contributed by atoms with van der Waals surface area (Å²) in [7, 11) is 0. The first-order chi connectivity index (χ1) is 22.7. The molecule has 0 radical (unpaired) electrons. The summed E-state index contributed by atoms with van der Waals surface area (Å²) in [4.78, 5) is 28.6. The summed E-state index contributed by atoms with van der Waals surface area (Å²) in [5.74, 6) is -0.791. The van der Waals surface area contributed by atoms with E-state index in [9.17, 15) is 19.1 Å². The maximum absolute atomic E-state index is 13.7. The largest absolute Gasteiger partial charge is 0.507 e. The fourth-order valence-corrected chi connectivity index (χ4v) is 7.11. The predicted molar refractivity (Wildman–Crippen MR) is 183 cm³/mol. The Morgan fingerprint density at radius 2 is 1.66 bits per heavy atom. The van der Waals surface area contributed by atoms with E-state index in [-0.39, 0.29) is 28.2 Å². The number of Topliss-reactive ketones (excluding diaryl/α,β-unsaturated/α-hetero) is 1. The summed E-state index contributed by atoms with van der Waals surface area (Å²) < 4.78 is 19.9. The van der Waals surface area contributed by atoms with E-state index in [2.05, 4.69) is 24.0 Å². The quantitative estimate of drug-likeness (QED) is 0.0525. The van der Waals surface area contributed by atoms with E-state index in [0.717, 1.165) is 22.3 Å². The second-order valence-corrected chi connectivity index (χ2v) is 13.7. The molecular weight excluding hydrogens is 634 g/mol. The number of amides is 1. The Morgan fingerprint density at radius 3 is 2.34 bits per heavy atom. The van der Waals surface area contributed by atoms with Crippen molar-refractivity contribution in [1.82, 2.24) is 10.2 Å². The van der Waals surface area contributed by atoms with E-state index in [0.29, 0.717) is 33.6 Å². The maximum atomic E-state index is 13.7. The highest BCUT2D eigenvalue weighted by atomic mass is 32.2. The van der Waals surface area contributed by atoms with Crippen LogP contribution in [0, 0.1) is 12.7 Å². The average Bonchev–Trinajstić information content (AvgIpc) is 3.65. The van der Waals surface area contributed by atoms with Crippen molar-refractivity contribution in [2.75, 3.05) is 4.90 Å². The molecule has 238 valence electrons. The molecule has 1 amide bonds. The van der Waals surface area contributed by atoms with Crippen molar-refractivity contribution >= 4 is 45.7 Å². The van der Waals surface area contributed by atoms with Crippen LogP contribution in [0.15, 0.2) is 107 Å². The summed E-state index contributed by atoms with van der Waals surface area (Å²) >= 11 is 2.58. The predicted octanol–water partition coefficient (Wildman–Crippen LogP) is 8.61. The van der Waals surface area contributed by atoms with Gasteiger partial charge in [-0.3, -0.25) is 14.5 Å². The Morgan fingerprint density at radius 1 is 0.957 bits per heavy atom. The number of hydrogen-bond donors (Lipinski definition) is 1. The lowest BCUT2D eigenvalue weighted by atomic mass is 9.93. The van der Waals surface area contributed by atoms with E-state index in [1.165, 1.54) is 40.1 Å². The lowest BCUT2D eigenvalue weighted by Gasteiger charge is -2.23. The van der Waals surface area contributed by atoms with Gasteiger partial charge in [0.2, 0.25) is 5.13 Å². The first-order valence-corrected chi connectivity index (χ1v) is 16.9. The number of rotatable bonds is 10. The number of aromatic nitrogens is 2. The highest BCUT2D eigenvalue weighted by Crippen LogP contribution is 2.44. The van der Waals surface area contributed by atoms with E-state index in [4.69, 9.17) is 4.74 Å². The van der Waals surface area contributed by atoms with Gasteiger partial charge >= 0.3 is 5.91 Å². The van der Waals surface area contributed by atoms with Gasteiger partial charge in [-0.05, 0) is 77.1 Å². The van der Waals surface area contributed by atoms with E-state index in [1.54, 1.807) is 36.4 Å². The minimum atomic E-state index is -0.920. The molecule has 1 unspecified atom stereocenters. The smallest absolute Gasteiger partial charge is 0.301 e. The molecule has 2 heterocycles. The molecule has 0 bridgehead atoms. The van der Waals surface area contributed by atoms with Gasteiger partial charge in [-0.15, -0.1) is 10.2 Å². The lowest BCUT2D eigenvalue weighted by Crippen LogP contribution is -2.29. The molecule has 1 atom stereocenters. The minimum absolute atomic E-state index is 0.0309. The minimum Gasteiger partial charge on any atom is -0.507 e. The highest BCUT2D eigenvalue weighted by molar-refractivity contribution is 8.00. The van der Waals surface area contributed by atoms with E-state index >= 15 is 0 Å². The number of benzene rings is 4. The van der Waals surface area contributed by atoms with Crippen molar-refractivity contribution in [3.8, 4) is 5.75 Å². The monoisotopic (exact) mass is 665 g/mol. The van der Waals surface area contributed by atoms with Crippen LogP contribution in [-0.2, 0) is 21.9 Å². The molecule has 0 aliphatic carbocycles. The number of thioether (sulfide) groups is 1. The molecule has 1 aliphatic rings. The molecule has 1 aromatic heterocycles. The van der Waals surface area contributed by atoms with Gasteiger partial charge in [0.1, 0.15) is 23.9 Å². The zero-order chi connectivity index (χ0) is 33.1. The van der Waals surface area contributed by atoms with Crippen LogP contribution >= 0.6 is 23.1 Å². The topological polar surface area (TPSA) is 92.6 Å². The van der Waals surface area contributed by atoms with Crippen LogP contribution < -0.4 is 9.64 Å². The molecule has 1 aliphatic heterocycles. The Balaban J connectivity index is 1.31. The molecule has 0 saturated carbocycles. The van der Waals surface area contributed by atoms with Crippen molar-refractivity contribution in [2.24, 2.45) is 0 Å². The zero-order valence-corrected chi connectivity index (χ0v) is 27.6. The van der Waals surface area contributed by atoms with Crippen LogP contribution in [0.2, 0.25) is 0 Å². The van der Waals surface area contributed by atoms with Crippen molar-refractivity contribution in [3.63, 3.8) is 0 Å². The molecule has 0 spiro atoms. The van der Waals surface area contributed by atoms with Crippen LogP contribution in [0.4, 0.5) is 9.52 Å². The lowest BCUT2D eigenvalue weighted by molar-refractivity contribution is -0.132. The fourth-order valence-electron chi connectivity index (χ4n) is 5.29. The molecule has 1 saturated heterocycles. The summed E-state index contributed by atoms with van der Waals surface area (Å²) in [5.41, 5.74) is 5.20. The first kappa shape index (κ1) is 32.2. The fraction of sp³-hybridized carbons (Fsp3) is 0.189. The second-order valence-electron chi connectivity index (χ2n) is 11.5. The second kappa shape index (κ2) is 13.9. The van der Waals surface area contributed by atoms with Crippen LogP contribution in [-0.4, -0.2) is 27.0 Å². The summed E-state index contributed by atoms with van der Waals surface area (Å²) in [6.45, 7) is 6.59. The van der Waals surface area contributed by atoms with Gasteiger partial charge in [-0.1, -0.05) is 97.6 Å². The van der Waals surface area contributed by atoms with Gasteiger partial charge in [0, 0.05) is 11.3 Å². The molecule has 4 aromatic carbocycles. The molecule has 1 fully saturated rings. The number of nitrogens with zero attached hydrogens (tertiary/aromatic N) is 3.